The number of aromatic nitrogens is 3. The molecule has 1 aromatic carbocycles. The van der Waals surface area contributed by atoms with Gasteiger partial charge in [0.25, 0.3) is 11.8 Å². The Hall–Kier alpha value is -3.41. The molecule has 1 aliphatic heterocycles. The summed E-state index contributed by atoms with van der Waals surface area (Å²) in [7, 11) is 1.79. The summed E-state index contributed by atoms with van der Waals surface area (Å²) in [6.45, 7) is 0. The van der Waals surface area contributed by atoms with E-state index in [4.69, 9.17) is 9.90 Å². The molecule has 0 unspecified atom stereocenters. The van der Waals surface area contributed by atoms with Gasteiger partial charge in [-0.3, -0.25) is 14.9 Å². The number of aryl methyl sites for hydroxylation is 1. The van der Waals surface area contributed by atoms with Gasteiger partial charge in [0.15, 0.2) is 0 Å². The minimum Gasteiger partial charge on any atom is -0.475 e. The monoisotopic (exact) mass is 484 g/mol. The number of aliphatic carboxylic acids is 1. The number of fused-ring (bicyclic) bond motifs is 1. The molecule has 0 saturated carbocycles. The summed E-state index contributed by atoms with van der Waals surface area (Å²) in [6, 6.07) is 5.74. The van der Waals surface area contributed by atoms with Crippen molar-refractivity contribution >= 4 is 55.8 Å². The first-order chi connectivity index (χ1) is 14.0. The van der Waals surface area contributed by atoms with E-state index >= 15 is 0 Å². The quantitative estimate of drug-likeness (QED) is 0.483. The van der Waals surface area contributed by atoms with Crippen LogP contribution in [0.2, 0.25) is 0 Å². The van der Waals surface area contributed by atoms with Gasteiger partial charge in [-0.25, -0.2) is 9.78 Å². The lowest BCUT2D eigenvalue weighted by atomic mass is 9.99. The number of rotatable bonds is 2. The summed E-state index contributed by atoms with van der Waals surface area (Å²) in [4.78, 5) is 40.7. The molecule has 0 radical (unpaired) electrons. The number of aromatic amines is 1. The van der Waals surface area contributed by atoms with E-state index in [-0.39, 0.29) is 0 Å². The number of carboxylic acids is 1. The zero-order valence-corrected chi connectivity index (χ0v) is 16.6. The van der Waals surface area contributed by atoms with Crippen LogP contribution in [0.5, 0.6) is 0 Å². The third kappa shape index (κ3) is 3.99. The summed E-state index contributed by atoms with van der Waals surface area (Å²) in [5, 5.41) is 10.4. The second-order valence-corrected chi connectivity index (χ2v) is 7.03. The number of amides is 2. The molecule has 0 spiro atoms. The number of imide groups is 1. The van der Waals surface area contributed by atoms with E-state index < -0.39 is 24.0 Å². The lowest BCUT2D eigenvalue weighted by Gasteiger charge is -2.04. The van der Waals surface area contributed by atoms with Crippen LogP contribution in [0, 0.1) is 0 Å². The van der Waals surface area contributed by atoms with Gasteiger partial charge in [-0.15, -0.1) is 0 Å². The van der Waals surface area contributed by atoms with E-state index in [2.05, 4.69) is 31.2 Å². The van der Waals surface area contributed by atoms with Crippen molar-refractivity contribution in [2.75, 3.05) is 0 Å². The zero-order chi connectivity index (χ0) is 22.2. The number of halogens is 4. The molecule has 0 atom stereocenters. The van der Waals surface area contributed by atoms with Gasteiger partial charge in [0, 0.05) is 34.2 Å². The maximum Gasteiger partial charge on any atom is 0.490 e. The maximum atomic E-state index is 12.4. The zero-order valence-electron chi connectivity index (χ0n) is 15.0. The molecule has 0 saturated heterocycles. The Kier molecular flexibility index (Phi) is 5.53. The number of carboxylic acid groups (broad SMARTS) is 1. The summed E-state index contributed by atoms with van der Waals surface area (Å²) in [6.07, 6.45) is -0.150. The number of hydrogen-bond acceptors (Lipinski definition) is 4. The Bertz CT molecular complexity index is 1210. The minimum atomic E-state index is -5.08. The molecule has 3 N–H and O–H groups in total. The number of nitrogens with zero attached hydrogens (tertiary/aromatic N) is 2. The molecule has 8 nitrogen and oxygen atoms in total. The predicted octanol–water partition coefficient (Wildman–Crippen LogP) is 2.86. The fourth-order valence-corrected chi connectivity index (χ4v) is 3.22. The van der Waals surface area contributed by atoms with E-state index in [0.29, 0.717) is 22.4 Å². The van der Waals surface area contributed by atoms with Gasteiger partial charge in [0.2, 0.25) is 0 Å². The lowest BCUT2D eigenvalue weighted by Crippen LogP contribution is -2.23. The highest BCUT2D eigenvalue weighted by Gasteiger charge is 2.38. The highest BCUT2D eigenvalue weighted by Crippen LogP contribution is 2.35. The van der Waals surface area contributed by atoms with Crippen molar-refractivity contribution in [2.24, 2.45) is 7.05 Å². The van der Waals surface area contributed by atoms with E-state index in [1.54, 1.807) is 30.3 Å². The van der Waals surface area contributed by atoms with Gasteiger partial charge < -0.3 is 14.7 Å². The molecule has 2 aromatic heterocycles. The normalized spacial score (nSPS) is 14.0. The first-order valence-electron chi connectivity index (χ1n) is 8.14. The topological polar surface area (TPSA) is 117 Å². The molecule has 0 bridgehead atoms. The second-order valence-electron chi connectivity index (χ2n) is 6.12. The van der Waals surface area contributed by atoms with Crippen LogP contribution in [0.1, 0.15) is 11.3 Å². The lowest BCUT2D eigenvalue weighted by molar-refractivity contribution is -0.192. The Labute approximate surface area is 174 Å². The van der Waals surface area contributed by atoms with E-state index in [1.165, 1.54) is 0 Å². The van der Waals surface area contributed by atoms with Crippen LogP contribution in [0.15, 0.2) is 41.4 Å². The number of carbonyl (C=O) groups excluding carboxylic acids is 2. The van der Waals surface area contributed by atoms with E-state index in [1.807, 2.05) is 18.2 Å². The van der Waals surface area contributed by atoms with E-state index in [0.717, 1.165) is 15.4 Å². The van der Waals surface area contributed by atoms with Gasteiger partial charge in [0.05, 0.1) is 29.4 Å². The minimum absolute atomic E-state index is 0.346. The van der Waals surface area contributed by atoms with Crippen molar-refractivity contribution in [1.82, 2.24) is 19.9 Å². The molecule has 156 valence electrons. The van der Waals surface area contributed by atoms with Crippen molar-refractivity contribution in [3.05, 3.63) is 52.7 Å². The van der Waals surface area contributed by atoms with Gasteiger partial charge in [0.1, 0.15) is 0 Å². The van der Waals surface area contributed by atoms with Gasteiger partial charge in [-0.2, -0.15) is 13.2 Å². The number of carbonyl (C=O) groups is 3. The molecule has 12 heteroatoms. The van der Waals surface area contributed by atoms with Crippen LogP contribution >= 0.6 is 15.9 Å². The summed E-state index contributed by atoms with van der Waals surface area (Å²) >= 11 is 3.42. The standard InChI is InChI=1S/C16H11BrN4O2.C2HF3O2/c1-21-7-18-6-12(21)14-13(15(22)20-16(14)23)10-5-19-11-4-8(17)2-3-9(10)11;3-2(4,5)1(6)7/h2-7,19H,1H3,(H,20,22,23);(H,6,7). The fourth-order valence-electron chi connectivity index (χ4n) is 2.86. The van der Waals surface area contributed by atoms with Crippen LogP contribution in [0.4, 0.5) is 13.2 Å². The summed E-state index contributed by atoms with van der Waals surface area (Å²) < 4.78 is 34.4. The Morgan fingerprint density at radius 2 is 1.83 bits per heavy atom. The number of imidazole rings is 1. The molecule has 0 fully saturated rings. The molecule has 0 aliphatic carbocycles. The smallest absolute Gasteiger partial charge is 0.475 e. The van der Waals surface area contributed by atoms with Crippen molar-refractivity contribution in [3.63, 3.8) is 0 Å². The third-order valence-electron chi connectivity index (χ3n) is 4.16. The summed E-state index contributed by atoms with van der Waals surface area (Å²) in [5.41, 5.74) is 2.91. The van der Waals surface area contributed by atoms with Crippen LogP contribution < -0.4 is 5.32 Å². The van der Waals surface area contributed by atoms with Crippen molar-refractivity contribution < 1.29 is 32.7 Å². The number of alkyl halides is 3. The first-order valence-corrected chi connectivity index (χ1v) is 8.93. The second kappa shape index (κ2) is 7.78. The van der Waals surface area contributed by atoms with Crippen molar-refractivity contribution in [1.29, 1.82) is 0 Å². The fraction of sp³-hybridized carbons (Fsp3) is 0.111. The van der Waals surface area contributed by atoms with Crippen molar-refractivity contribution in [2.45, 2.75) is 6.18 Å². The van der Waals surface area contributed by atoms with Crippen LogP contribution in [-0.2, 0) is 21.4 Å². The molecule has 4 rings (SSSR count). The van der Waals surface area contributed by atoms with Crippen LogP contribution in [-0.4, -0.2) is 43.6 Å². The molecule has 2 amide bonds. The van der Waals surface area contributed by atoms with Gasteiger partial charge in [-0.1, -0.05) is 22.0 Å². The van der Waals surface area contributed by atoms with Crippen molar-refractivity contribution in [3.8, 4) is 0 Å². The highest BCUT2D eigenvalue weighted by atomic mass is 79.9. The number of benzene rings is 1. The molecular formula is C18H12BrF3N4O4. The van der Waals surface area contributed by atoms with Crippen LogP contribution in [0.25, 0.3) is 22.0 Å². The molecule has 30 heavy (non-hydrogen) atoms. The molecule has 3 aromatic rings. The van der Waals surface area contributed by atoms with E-state index in [9.17, 15) is 22.8 Å². The van der Waals surface area contributed by atoms with Gasteiger partial charge in [-0.05, 0) is 12.1 Å². The number of nitrogens with one attached hydrogen (secondary N) is 2. The number of hydrogen-bond donors (Lipinski definition) is 3. The van der Waals surface area contributed by atoms with Crippen LogP contribution in [0.3, 0.4) is 0 Å². The maximum absolute atomic E-state index is 12.4. The molecular weight excluding hydrogens is 473 g/mol. The number of H-pyrrole nitrogens is 1. The highest BCUT2D eigenvalue weighted by molar-refractivity contribution is 9.10. The third-order valence-corrected chi connectivity index (χ3v) is 4.65. The Morgan fingerprint density at radius 3 is 2.40 bits per heavy atom. The predicted molar refractivity (Wildman–Crippen MR) is 103 cm³/mol. The molecule has 3 heterocycles. The molecule has 1 aliphatic rings. The van der Waals surface area contributed by atoms with Gasteiger partial charge >= 0.3 is 12.1 Å². The Balaban J connectivity index is 0.000000318. The SMILES string of the molecule is Cn1cncc1C1=C(c2c[nH]c3cc(Br)ccc23)C(=O)NC1=O.O=C(O)C(F)(F)F. The average molecular weight is 485 g/mol. The Morgan fingerprint density at radius 1 is 1.20 bits per heavy atom. The summed E-state index contributed by atoms with van der Waals surface area (Å²) in [5.74, 6) is -3.55. The first kappa shape index (κ1) is 21.3. The average Bonchev–Trinajstić information content (AvgIpc) is 3.31. The largest absolute Gasteiger partial charge is 0.490 e.